The Morgan fingerprint density at radius 2 is 1.47 bits per heavy atom. The molecule has 0 heterocycles. The van der Waals surface area contributed by atoms with Crippen LogP contribution in [0, 0.1) is 0 Å². The molecular weight excluding hydrogens is 474 g/mol. The van der Waals surface area contributed by atoms with Gasteiger partial charge in [-0.25, -0.2) is 0 Å². The zero-order valence-electron chi connectivity index (χ0n) is 19.7. The minimum absolute atomic E-state index is 0.0485. The number of nitrogens with one attached hydrogen (secondary N) is 5. The number of rotatable bonds is 17. The van der Waals surface area contributed by atoms with Gasteiger partial charge in [0, 0.05) is 6.42 Å². The van der Waals surface area contributed by atoms with E-state index in [2.05, 4.69) is 26.6 Å². The van der Waals surface area contributed by atoms with E-state index >= 15 is 0 Å². The van der Waals surface area contributed by atoms with Crippen LogP contribution in [-0.4, -0.2) is 79.3 Å². The van der Waals surface area contributed by atoms with Crippen molar-refractivity contribution in [3.05, 3.63) is 29.8 Å². The number of unbranched alkanes of at least 4 members (excludes halogenated alkanes) is 1. The molecule has 2 unspecified atom stereocenters. The molecule has 6 amide bonds. The summed E-state index contributed by atoms with van der Waals surface area (Å²) in [5, 5.41) is 21.1. The summed E-state index contributed by atoms with van der Waals surface area (Å²) < 4.78 is 0. The molecule has 0 bridgehead atoms. The number of benzene rings is 1. The second-order valence-electron chi connectivity index (χ2n) is 7.79. The molecule has 0 aliphatic heterocycles. The van der Waals surface area contributed by atoms with Gasteiger partial charge in [-0.2, -0.15) is 0 Å². The lowest BCUT2D eigenvalue weighted by Crippen LogP contribution is -2.52. The van der Waals surface area contributed by atoms with Gasteiger partial charge in [0.25, 0.3) is 0 Å². The SMILES string of the molecule is NCCCCC(NC(=O)CNC=O)C(=O)NCC(=O)NCC(=O)NC(Cc1ccc(O)cc1)C(N)=O. The lowest BCUT2D eigenvalue weighted by Gasteiger charge is -2.18. The summed E-state index contributed by atoms with van der Waals surface area (Å²) in [4.78, 5) is 70.5. The number of phenolic OH excluding ortho intramolecular Hbond substituents is 1. The molecule has 1 aromatic carbocycles. The first-order valence-corrected chi connectivity index (χ1v) is 11.2. The Morgan fingerprint density at radius 1 is 0.861 bits per heavy atom. The molecular formula is C22H33N7O7. The van der Waals surface area contributed by atoms with Crippen LogP contribution in [0.2, 0.25) is 0 Å². The van der Waals surface area contributed by atoms with Crippen molar-refractivity contribution < 1.29 is 33.9 Å². The topological polar surface area (TPSA) is 235 Å². The number of hydrogen-bond donors (Lipinski definition) is 8. The van der Waals surface area contributed by atoms with Crippen molar-refractivity contribution >= 4 is 35.9 Å². The number of carbonyl (C=O) groups excluding carboxylic acids is 6. The van der Waals surface area contributed by atoms with Crippen molar-refractivity contribution in [3.8, 4) is 5.75 Å². The third-order valence-electron chi connectivity index (χ3n) is 4.87. The van der Waals surface area contributed by atoms with Gasteiger partial charge in [-0.1, -0.05) is 12.1 Å². The Labute approximate surface area is 207 Å². The lowest BCUT2D eigenvalue weighted by molar-refractivity contribution is -0.131. The van der Waals surface area contributed by atoms with Crippen LogP contribution < -0.4 is 38.1 Å². The van der Waals surface area contributed by atoms with Gasteiger partial charge in [0.15, 0.2) is 0 Å². The summed E-state index contributed by atoms with van der Waals surface area (Å²) in [5.74, 6) is -3.27. The first kappa shape index (κ1) is 29.8. The monoisotopic (exact) mass is 507 g/mol. The van der Waals surface area contributed by atoms with Crippen LogP contribution in [0.4, 0.5) is 0 Å². The Balaban J connectivity index is 2.51. The summed E-state index contributed by atoms with van der Waals surface area (Å²) in [5.41, 5.74) is 11.4. The van der Waals surface area contributed by atoms with Crippen molar-refractivity contribution in [3.63, 3.8) is 0 Å². The van der Waals surface area contributed by atoms with Crippen LogP contribution in [0.3, 0.4) is 0 Å². The average molecular weight is 508 g/mol. The van der Waals surface area contributed by atoms with E-state index in [1.165, 1.54) is 12.1 Å². The number of phenols is 1. The highest BCUT2D eigenvalue weighted by atomic mass is 16.3. The van der Waals surface area contributed by atoms with Crippen molar-refractivity contribution in [1.29, 1.82) is 0 Å². The largest absolute Gasteiger partial charge is 0.508 e. The van der Waals surface area contributed by atoms with Gasteiger partial charge in [0.2, 0.25) is 35.9 Å². The summed E-state index contributed by atoms with van der Waals surface area (Å²) in [6.07, 6.45) is 1.89. The molecule has 1 rings (SSSR count). The van der Waals surface area contributed by atoms with E-state index in [4.69, 9.17) is 11.5 Å². The molecule has 1 aromatic rings. The summed E-state index contributed by atoms with van der Waals surface area (Å²) in [6.45, 7) is -0.833. The van der Waals surface area contributed by atoms with Gasteiger partial charge in [-0.3, -0.25) is 28.8 Å². The van der Waals surface area contributed by atoms with Crippen LogP contribution in [0.5, 0.6) is 5.75 Å². The highest BCUT2D eigenvalue weighted by molar-refractivity contribution is 5.93. The fourth-order valence-electron chi connectivity index (χ4n) is 3.01. The molecule has 36 heavy (non-hydrogen) atoms. The molecule has 0 radical (unpaired) electrons. The van der Waals surface area contributed by atoms with Crippen LogP contribution in [0.25, 0.3) is 0 Å². The molecule has 0 saturated carbocycles. The maximum Gasteiger partial charge on any atom is 0.243 e. The van der Waals surface area contributed by atoms with Gasteiger partial charge < -0.3 is 43.2 Å². The average Bonchev–Trinajstić information content (AvgIpc) is 2.85. The van der Waals surface area contributed by atoms with Crippen molar-refractivity contribution in [2.75, 3.05) is 26.2 Å². The highest BCUT2D eigenvalue weighted by Gasteiger charge is 2.22. The van der Waals surface area contributed by atoms with E-state index in [1.54, 1.807) is 12.1 Å². The first-order chi connectivity index (χ1) is 17.2. The third-order valence-corrected chi connectivity index (χ3v) is 4.87. The maximum atomic E-state index is 12.4. The van der Waals surface area contributed by atoms with E-state index in [1.807, 2.05) is 0 Å². The fourth-order valence-corrected chi connectivity index (χ4v) is 3.01. The third kappa shape index (κ3) is 12.3. The predicted molar refractivity (Wildman–Crippen MR) is 128 cm³/mol. The summed E-state index contributed by atoms with van der Waals surface area (Å²) in [6, 6.07) is 4.04. The molecule has 0 aliphatic carbocycles. The molecule has 2 atom stereocenters. The maximum absolute atomic E-state index is 12.4. The van der Waals surface area contributed by atoms with Gasteiger partial charge in [0.05, 0.1) is 19.6 Å². The molecule has 0 aromatic heterocycles. The second kappa shape index (κ2) is 16.4. The van der Waals surface area contributed by atoms with Gasteiger partial charge in [0.1, 0.15) is 17.8 Å². The standard InChI is InChI=1S/C22H33N7O7/c23-8-2-1-3-16(28-19(33)10-25-13-30)22(36)27-11-18(32)26-12-20(34)29-17(21(24)35)9-14-4-6-15(31)7-5-14/h4-7,13,16-17,31H,1-3,8-12,23H2,(H2,24,35)(H,25,30)(H,26,32)(H,27,36)(H,28,33)(H,29,34). The molecule has 10 N–H and O–H groups in total. The minimum Gasteiger partial charge on any atom is -0.508 e. The smallest absolute Gasteiger partial charge is 0.243 e. The molecule has 0 spiro atoms. The zero-order chi connectivity index (χ0) is 26.9. The molecule has 0 aliphatic rings. The normalized spacial score (nSPS) is 11.9. The van der Waals surface area contributed by atoms with Crippen LogP contribution in [0.1, 0.15) is 24.8 Å². The first-order valence-electron chi connectivity index (χ1n) is 11.2. The Morgan fingerprint density at radius 3 is 2.08 bits per heavy atom. The summed E-state index contributed by atoms with van der Waals surface area (Å²) in [7, 11) is 0. The van der Waals surface area contributed by atoms with Crippen LogP contribution in [-0.2, 0) is 35.2 Å². The van der Waals surface area contributed by atoms with Gasteiger partial charge in [-0.15, -0.1) is 0 Å². The van der Waals surface area contributed by atoms with E-state index in [9.17, 15) is 33.9 Å². The molecule has 14 nitrogen and oxygen atoms in total. The minimum atomic E-state index is -1.04. The fraction of sp³-hybridized carbons (Fsp3) is 0.455. The number of aromatic hydroxyl groups is 1. The quantitative estimate of drug-likeness (QED) is 0.0776. The lowest BCUT2D eigenvalue weighted by atomic mass is 10.1. The number of amides is 6. The molecule has 0 fully saturated rings. The Hall–Kier alpha value is -4.20. The zero-order valence-corrected chi connectivity index (χ0v) is 19.7. The number of primary amides is 1. The van der Waals surface area contributed by atoms with Gasteiger partial charge >= 0.3 is 0 Å². The van der Waals surface area contributed by atoms with Crippen LogP contribution >= 0.6 is 0 Å². The number of hydrogen-bond acceptors (Lipinski definition) is 8. The highest BCUT2D eigenvalue weighted by Crippen LogP contribution is 2.11. The Kier molecular flexibility index (Phi) is 13.6. The second-order valence-corrected chi connectivity index (χ2v) is 7.79. The van der Waals surface area contributed by atoms with E-state index in [0.29, 0.717) is 31.4 Å². The van der Waals surface area contributed by atoms with Gasteiger partial charge in [-0.05, 0) is 43.5 Å². The summed E-state index contributed by atoms with van der Waals surface area (Å²) >= 11 is 0. The molecule has 14 heteroatoms. The number of carbonyl (C=O) groups is 6. The van der Waals surface area contributed by atoms with Crippen molar-refractivity contribution in [2.45, 2.75) is 37.8 Å². The predicted octanol–water partition coefficient (Wildman–Crippen LogP) is -3.50. The molecule has 0 saturated heterocycles. The van der Waals surface area contributed by atoms with Crippen LogP contribution in [0.15, 0.2) is 24.3 Å². The van der Waals surface area contributed by atoms with E-state index in [0.717, 1.165) is 0 Å². The number of nitrogens with two attached hydrogens (primary N) is 2. The Bertz CT molecular complexity index is 909. The molecule has 198 valence electrons. The van der Waals surface area contributed by atoms with E-state index < -0.39 is 54.7 Å². The van der Waals surface area contributed by atoms with Crippen molar-refractivity contribution in [2.24, 2.45) is 11.5 Å². The van der Waals surface area contributed by atoms with E-state index in [-0.39, 0.29) is 25.1 Å². The van der Waals surface area contributed by atoms with Crippen molar-refractivity contribution in [1.82, 2.24) is 26.6 Å².